The second-order valence-electron chi connectivity index (χ2n) is 18.0. The first-order chi connectivity index (χ1) is 31.9. The number of carboxylic acids is 1. The lowest BCUT2D eigenvalue weighted by Crippen LogP contribution is -2.58. The Morgan fingerprint density at radius 2 is 1.58 bits per heavy atom. The number of nitrogens with one attached hydrogen (secondary N) is 2. The van der Waals surface area contributed by atoms with Gasteiger partial charge in [0, 0.05) is 34.5 Å². The van der Waals surface area contributed by atoms with Crippen molar-refractivity contribution in [3.63, 3.8) is 0 Å². The lowest BCUT2D eigenvalue weighted by molar-refractivity contribution is -0.144. The molecule has 4 N–H and O–H groups in total. The fourth-order valence-corrected chi connectivity index (χ4v) is 10.4. The summed E-state index contributed by atoms with van der Waals surface area (Å²) in [5, 5.41) is 35.8. The second kappa shape index (κ2) is 18.9. The molecule has 8 rings (SSSR count). The Balaban J connectivity index is 0.902. The van der Waals surface area contributed by atoms with Crippen molar-refractivity contribution in [1.29, 1.82) is 0 Å². The Morgan fingerprint density at radius 3 is 2.22 bits per heavy atom. The van der Waals surface area contributed by atoms with Crippen LogP contribution in [0.1, 0.15) is 97.1 Å². The molecule has 2 aliphatic rings. The number of hydrogen-bond donors (Lipinski definition) is 4. The van der Waals surface area contributed by atoms with Crippen molar-refractivity contribution < 1.29 is 34.1 Å². The number of rotatable bonds is 13. The highest BCUT2D eigenvalue weighted by molar-refractivity contribution is 7.15. The molecule has 2 aromatic carbocycles. The van der Waals surface area contributed by atoms with E-state index in [1.54, 1.807) is 22.7 Å². The molecule has 3 amide bonds. The summed E-state index contributed by atoms with van der Waals surface area (Å²) in [5.74, 6) is -0.687. The van der Waals surface area contributed by atoms with E-state index in [0.29, 0.717) is 28.7 Å². The van der Waals surface area contributed by atoms with Gasteiger partial charge in [0.15, 0.2) is 24.0 Å². The van der Waals surface area contributed by atoms with Crippen LogP contribution in [0.5, 0.6) is 5.75 Å². The van der Waals surface area contributed by atoms with E-state index in [1.165, 1.54) is 17.3 Å². The van der Waals surface area contributed by atoms with Crippen LogP contribution in [-0.4, -0.2) is 106 Å². The summed E-state index contributed by atoms with van der Waals surface area (Å²) < 4.78 is 7.67. The van der Waals surface area contributed by atoms with Gasteiger partial charge in [-0.1, -0.05) is 69.3 Å². The molecule has 1 fully saturated rings. The van der Waals surface area contributed by atoms with Crippen LogP contribution in [0.25, 0.3) is 26.8 Å². The van der Waals surface area contributed by atoms with Crippen molar-refractivity contribution in [3.8, 4) is 32.6 Å². The number of aliphatic carboxylic acids is 1. The number of amides is 3. The van der Waals surface area contributed by atoms with Gasteiger partial charge in [-0.15, -0.1) is 32.9 Å². The molecule has 348 valence electrons. The first kappa shape index (κ1) is 46.8. The number of aromatic nitrogens is 6. The summed E-state index contributed by atoms with van der Waals surface area (Å²) in [6.45, 7) is 14.7. The van der Waals surface area contributed by atoms with Gasteiger partial charge in [0.1, 0.15) is 29.0 Å². The Labute approximate surface area is 395 Å². The molecule has 0 radical (unpaired) electrons. The monoisotopic (exact) mass is 944 g/mol. The van der Waals surface area contributed by atoms with E-state index in [9.17, 15) is 29.4 Å². The third-order valence-corrected chi connectivity index (χ3v) is 14.3. The van der Waals surface area contributed by atoms with Crippen LogP contribution in [0.4, 0.5) is 0 Å². The highest BCUT2D eigenvalue weighted by Crippen LogP contribution is 2.40. The zero-order valence-corrected chi connectivity index (χ0v) is 40.0. The average Bonchev–Trinajstić information content (AvgIpc) is 4.06. The first-order valence-electron chi connectivity index (χ1n) is 21.8. The molecule has 4 aromatic heterocycles. The lowest BCUT2D eigenvalue weighted by Gasteiger charge is -2.35. The number of nitrogens with zero attached hydrogens (tertiary/aromatic N) is 8. The number of likely N-dealkylation sites (tertiary alicyclic amines) is 1. The minimum atomic E-state index is -1.04. The number of aliphatic imine (C=N–C) groups is 1. The number of thiophene rings is 1. The number of carbonyl (C=O) groups is 4. The van der Waals surface area contributed by atoms with E-state index in [2.05, 4.69) is 35.8 Å². The number of benzene rings is 2. The van der Waals surface area contributed by atoms with Gasteiger partial charge < -0.3 is 30.5 Å². The van der Waals surface area contributed by atoms with Gasteiger partial charge in [-0.2, -0.15) is 0 Å². The number of hydrogen-bond acceptors (Lipinski definition) is 14. The highest BCUT2D eigenvalue weighted by Gasteiger charge is 2.45. The highest BCUT2D eigenvalue weighted by atomic mass is 32.1. The third kappa shape index (κ3) is 9.75. The largest absolute Gasteiger partial charge is 0.481 e. The number of aliphatic hydroxyl groups is 1. The van der Waals surface area contributed by atoms with Crippen molar-refractivity contribution in [2.75, 3.05) is 13.2 Å². The number of β-amino-alcohol motifs (C(OH)–C–C–N with tert-alkyl or cyclic N) is 1. The number of thiazole rings is 1. The van der Waals surface area contributed by atoms with Gasteiger partial charge in [-0.25, -0.2) is 15.0 Å². The van der Waals surface area contributed by atoms with Crippen molar-refractivity contribution in [3.05, 3.63) is 111 Å². The van der Waals surface area contributed by atoms with Crippen molar-refractivity contribution in [2.24, 2.45) is 10.4 Å². The maximum Gasteiger partial charge on any atom is 0.306 e. The van der Waals surface area contributed by atoms with Crippen LogP contribution in [0.2, 0.25) is 0 Å². The molecule has 0 aliphatic carbocycles. The fraction of sp³-hybridized carbons (Fsp3) is 0.375. The molecule has 19 heteroatoms. The first-order valence-corrected chi connectivity index (χ1v) is 23.5. The van der Waals surface area contributed by atoms with Crippen molar-refractivity contribution >= 4 is 52.1 Å². The molecule has 17 nitrogen and oxygen atoms in total. The maximum absolute atomic E-state index is 14.2. The molecule has 67 heavy (non-hydrogen) atoms. The SMILES string of the molecule is Cc1ncsc1-c1ccc(C(C)NC(=O)[C@@H]2C[C@@H](O)CN2C(=O)C(NC(=O)COc2cnc(-c3ccc(C4=N[C@@H](CC(=O)O)c5nnc(C)n5-c5sc(C)c(C)c54)cc3)nc2)C(C)(C)C)cc1. The van der Waals surface area contributed by atoms with Crippen LogP contribution in [-0.2, 0) is 19.2 Å². The minimum Gasteiger partial charge on any atom is -0.481 e. The Morgan fingerprint density at radius 1 is 0.910 bits per heavy atom. The van der Waals surface area contributed by atoms with E-state index in [-0.39, 0.29) is 31.2 Å². The molecule has 2 aliphatic heterocycles. The van der Waals surface area contributed by atoms with E-state index in [4.69, 9.17) is 9.73 Å². The number of carbonyl (C=O) groups excluding carboxylic acids is 3. The smallest absolute Gasteiger partial charge is 0.306 e. The molecule has 0 saturated carbocycles. The van der Waals surface area contributed by atoms with Gasteiger partial charge in [0.2, 0.25) is 11.8 Å². The van der Waals surface area contributed by atoms with E-state index < -0.39 is 59.9 Å². The summed E-state index contributed by atoms with van der Waals surface area (Å²) in [6.07, 6.45) is 1.81. The quantitative estimate of drug-likeness (QED) is 0.101. The molecule has 1 saturated heterocycles. The summed E-state index contributed by atoms with van der Waals surface area (Å²) >= 11 is 3.15. The predicted octanol–water partition coefficient (Wildman–Crippen LogP) is 6.26. The Kier molecular flexibility index (Phi) is 13.2. The molecule has 6 aromatic rings. The fourth-order valence-electron chi connectivity index (χ4n) is 8.37. The van der Waals surface area contributed by atoms with Crippen LogP contribution in [0.3, 0.4) is 0 Å². The van der Waals surface area contributed by atoms with Gasteiger partial charge in [0.05, 0.1) is 52.8 Å². The summed E-state index contributed by atoms with van der Waals surface area (Å²) in [4.78, 5) is 75.0. The molecule has 0 bridgehead atoms. The van der Waals surface area contributed by atoms with E-state index in [0.717, 1.165) is 48.3 Å². The van der Waals surface area contributed by atoms with E-state index >= 15 is 0 Å². The number of fused-ring (bicyclic) bond motifs is 3. The minimum absolute atomic E-state index is 0.0548. The Hall–Kier alpha value is -6.70. The molecule has 2 unspecified atom stereocenters. The normalized spacial score (nSPS) is 17.7. The molecule has 6 heterocycles. The number of ether oxygens (including phenoxy) is 1. The number of aliphatic hydroxyl groups excluding tert-OH is 1. The summed E-state index contributed by atoms with van der Waals surface area (Å²) in [6, 6.07) is 12.3. The molecule has 0 spiro atoms. The van der Waals surface area contributed by atoms with Crippen molar-refractivity contribution in [1.82, 2.24) is 45.2 Å². The number of aryl methyl sites for hydroxylation is 3. The van der Waals surface area contributed by atoms with Gasteiger partial charge in [-0.3, -0.25) is 28.7 Å². The Bertz CT molecular complexity index is 2860. The van der Waals surface area contributed by atoms with Crippen LogP contribution >= 0.6 is 22.7 Å². The standard InChI is InChI=1S/C48H52N10O7S2/c1-24-27(4)67-47-39(24)40(53-35(18-38(61)62)44-56-55-28(5)58(44)47)30-11-15-32(16-12-30)43-49-19-34(20-50-43)65-22-37(60)54-42(48(6,7)8)46(64)57-21-33(59)17-36(57)45(63)52-25(2)29-9-13-31(14-10-29)41-26(3)51-23-66-41/h9-16,19-20,23,25,33,35-36,42,59H,17-18,21-22H2,1-8H3,(H,52,63)(H,54,60)(H,61,62)/t25?,33-,35+,36+,42?/m1/s1. The van der Waals surface area contributed by atoms with Crippen LogP contribution in [0.15, 0.2) is 71.4 Å². The van der Waals surface area contributed by atoms with Crippen LogP contribution < -0.4 is 15.4 Å². The van der Waals surface area contributed by atoms with E-state index in [1.807, 2.05) is 114 Å². The molecular weight excluding hydrogens is 893 g/mol. The third-order valence-electron chi connectivity index (χ3n) is 12.1. The van der Waals surface area contributed by atoms with Crippen molar-refractivity contribution in [2.45, 2.75) is 98.5 Å². The maximum atomic E-state index is 14.2. The topological polar surface area (TPSA) is 227 Å². The van der Waals surface area contributed by atoms with Gasteiger partial charge in [0.25, 0.3) is 5.91 Å². The van der Waals surface area contributed by atoms with Gasteiger partial charge >= 0.3 is 5.97 Å². The predicted molar refractivity (Wildman–Crippen MR) is 253 cm³/mol. The number of carboxylic acid groups (broad SMARTS) is 1. The average molecular weight is 945 g/mol. The van der Waals surface area contributed by atoms with Crippen LogP contribution in [0, 0.1) is 33.1 Å². The zero-order chi connectivity index (χ0) is 47.9. The lowest BCUT2D eigenvalue weighted by atomic mass is 9.85. The summed E-state index contributed by atoms with van der Waals surface area (Å²) in [5.41, 5.74) is 8.00. The molecule has 5 atom stereocenters. The zero-order valence-electron chi connectivity index (χ0n) is 38.4. The molecular formula is C48H52N10O7S2. The summed E-state index contributed by atoms with van der Waals surface area (Å²) in [7, 11) is 0. The van der Waals surface area contributed by atoms with Gasteiger partial charge in [-0.05, 0) is 56.7 Å². The second-order valence-corrected chi connectivity index (χ2v) is 20.0.